The molecule has 0 aliphatic heterocycles. The Hall–Kier alpha value is -0.830. The molecule has 0 fully saturated rings. The Morgan fingerprint density at radius 1 is 1.38 bits per heavy atom. The highest BCUT2D eigenvalue weighted by Crippen LogP contribution is 2.28. The summed E-state index contributed by atoms with van der Waals surface area (Å²) >= 11 is 3.44. The Morgan fingerprint density at radius 3 is 2.44 bits per heavy atom. The first-order valence-electron chi connectivity index (χ1n) is 5.23. The number of carbonyl (C=O) groups is 1. The van der Waals surface area contributed by atoms with Crippen molar-refractivity contribution >= 4 is 21.9 Å². The summed E-state index contributed by atoms with van der Waals surface area (Å²) in [5, 5.41) is 9.12. The molecule has 0 bridgehead atoms. The first kappa shape index (κ1) is 13.2. The fraction of sp³-hybridized carbons (Fsp3) is 0.462. The van der Waals surface area contributed by atoms with Crippen molar-refractivity contribution in [1.29, 1.82) is 0 Å². The molecule has 0 amide bonds. The van der Waals surface area contributed by atoms with Gasteiger partial charge >= 0.3 is 5.97 Å². The van der Waals surface area contributed by atoms with Gasteiger partial charge in [0.05, 0.1) is 5.41 Å². The van der Waals surface area contributed by atoms with Gasteiger partial charge in [0.2, 0.25) is 0 Å². The molecule has 16 heavy (non-hydrogen) atoms. The molecule has 88 valence electrons. The maximum Gasteiger partial charge on any atom is 0.309 e. The van der Waals surface area contributed by atoms with Crippen molar-refractivity contribution in [3.05, 3.63) is 33.3 Å². The standard InChI is InChI=1S/C13H17BrO2/c1-8-5-11(14)6-10(9(8)2)7-13(3,4)12(15)16/h5-6H,7H2,1-4H3,(H,15,16). The number of hydrogen-bond donors (Lipinski definition) is 1. The van der Waals surface area contributed by atoms with Gasteiger partial charge in [-0.05, 0) is 62.9 Å². The highest BCUT2D eigenvalue weighted by atomic mass is 79.9. The van der Waals surface area contributed by atoms with E-state index in [1.165, 1.54) is 11.1 Å². The van der Waals surface area contributed by atoms with Crippen LogP contribution in [0.1, 0.15) is 30.5 Å². The third kappa shape index (κ3) is 2.85. The molecule has 0 aliphatic rings. The van der Waals surface area contributed by atoms with E-state index in [0.29, 0.717) is 6.42 Å². The first-order valence-corrected chi connectivity index (χ1v) is 6.02. The molecule has 0 saturated carbocycles. The van der Waals surface area contributed by atoms with Crippen molar-refractivity contribution in [2.45, 2.75) is 34.1 Å². The molecule has 0 unspecified atom stereocenters. The third-order valence-electron chi connectivity index (χ3n) is 2.95. The van der Waals surface area contributed by atoms with Crippen molar-refractivity contribution in [2.24, 2.45) is 5.41 Å². The Labute approximate surface area is 105 Å². The zero-order valence-electron chi connectivity index (χ0n) is 10.1. The van der Waals surface area contributed by atoms with Crippen LogP contribution in [-0.2, 0) is 11.2 Å². The van der Waals surface area contributed by atoms with Gasteiger partial charge in [0.25, 0.3) is 0 Å². The fourth-order valence-electron chi connectivity index (χ4n) is 1.62. The van der Waals surface area contributed by atoms with Crippen LogP contribution in [0.3, 0.4) is 0 Å². The summed E-state index contributed by atoms with van der Waals surface area (Å²) in [5.74, 6) is -0.760. The van der Waals surface area contributed by atoms with Crippen molar-refractivity contribution in [2.75, 3.05) is 0 Å². The molecule has 3 heteroatoms. The third-order valence-corrected chi connectivity index (χ3v) is 3.41. The van der Waals surface area contributed by atoms with Gasteiger partial charge in [0, 0.05) is 4.47 Å². The summed E-state index contributed by atoms with van der Waals surface area (Å²) in [6, 6.07) is 4.06. The molecule has 1 aromatic carbocycles. The largest absolute Gasteiger partial charge is 0.481 e. The zero-order valence-corrected chi connectivity index (χ0v) is 11.7. The van der Waals surface area contributed by atoms with E-state index >= 15 is 0 Å². The van der Waals surface area contributed by atoms with Crippen LogP contribution < -0.4 is 0 Å². The zero-order chi connectivity index (χ0) is 12.5. The molecular formula is C13H17BrO2. The van der Waals surface area contributed by atoms with Gasteiger partial charge < -0.3 is 5.11 Å². The number of halogens is 1. The highest BCUT2D eigenvalue weighted by molar-refractivity contribution is 9.10. The summed E-state index contributed by atoms with van der Waals surface area (Å²) in [5.41, 5.74) is 2.74. The van der Waals surface area contributed by atoms with E-state index in [1.54, 1.807) is 13.8 Å². The summed E-state index contributed by atoms with van der Waals surface area (Å²) < 4.78 is 1.01. The Morgan fingerprint density at radius 2 is 1.94 bits per heavy atom. The Balaban J connectivity index is 3.11. The lowest BCUT2D eigenvalue weighted by Gasteiger charge is -2.21. The summed E-state index contributed by atoms with van der Waals surface area (Å²) in [6.07, 6.45) is 0.550. The van der Waals surface area contributed by atoms with Crippen molar-refractivity contribution in [3.63, 3.8) is 0 Å². The quantitative estimate of drug-likeness (QED) is 0.919. The van der Waals surface area contributed by atoms with Crippen LogP contribution in [0.15, 0.2) is 16.6 Å². The number of hydrogen-bond acceptors (Lipinski definition) is 1. The molecule has 1 N–H and O–H groups in total. The molecule has 0 aliphatic carbocycles. The smallest absolute Gasteiger partial charge is 0.309 e. The van der Waals surface area contributed by atoms with Crippen LogP contribution in [0, 0.1) is 19.3 Å². The molecule has 0 radical (unpaired) electrons. The predicted molar refractivity (Wildman–Crippen MR) is 68.7 cm³/mol. The van der Waals surface area contributed by atoms with E-state index in [0.717, 1.165) is 10.0 Å². The minimum absolute atomic E-state index is 0.550. The van der Waals surface area contributed by atoms with E-state index in [4.69, 9.17) is 5.11 Å². The lowest BCUT2D eigenvalue weighted by atomic mass is 9.84. The molecule has 2 nitrogen and oxygen atoms in total. The SMILES string of the molecule is Cc1cc(Br)cc(CC(C)(C)C(=O)O)c1C. The molecule has 0 saturated heterocycles. The van der Waals surface area contributed by atoms with Crippen molar-refractivity contribution in [1.82, 2.24) is 0 Å². The van der Waals surface area contributed by atoms with Gasteiger partial charge in [-0.3, -0.25) is 4.79 Å². The molecule has 0 aromatic heterocycles. The Kier molecular flexibility index (Phi) is 3.79. The van der Waals surface area contributed by atoms with Gasteiger partial charge in [-0.25, -0.2) is 0 Å². The summed E-state index contributed by atoms with van der Waals surface area (Å²) in [7, 11) is 0. The minimum atomic E-state index is -0.760. The highest BCUT2D eigenvalue weighted by Gasteiger charge is 2.28. The van der Waals surface area contributed by atoms with Crippen LogP contribution in [-0.4, -0.2) is 11.1 Å². The maximum absolute atomic E-state index is 11.1. The van der Waals surface area contributed by atoms with Crippen LogP contribution in [0.4, 0.5) is 0 Å². The molecule has 1 aromatic rings. The fourth-order valence-corrected chi connectivity index (χ4v) is 2.24. The first-order chi connectivity index (χ1) is 7.24. The van der Waals surface area contributed by atoms with Gasteiger partial charge in [0.15, 0.2) is 0 Å². The predicted octanol–water partition coefficient (Wildman–Crippen LogP) is 3.72. The number of carboxylic acids is 1. The van der Waals surface area contributed by atoms with Gasteiger partial charge in [-0.15, -0.1) is 0 Å². The minimum Gasteiger partial charge on any atom is -0.481 e. The molecule has 0 heterocycles. The number of carboxylic acid groups (broad SMARTS) is 1. The number of benzene rings is 1. The van der Waals surface area contributed by atoms with E-state index in [2.05, 4.69) is 15.9 Å². The van der Waals surface area contributed by atoms with Crippen LogP contribution in [0.25, 0.3) is 0 Å². The lowest BCUT2D eigenvalue weighted by molar-refractivity contribution is -0.146. The normalized spacial score (nSPS) is 11.6. The molecule has 0 atom stereocenters. The van der Waals surface area contributed by atoms with Crippen molar-refractivity contribution < 1.29 is 9.90 Å². The number of aryl methyl sites for hydroxylation is 1. The van der Waals surface area contributed by atoms with Gasteiger partial charge in [-0.1, -0.05) is 15.9 Å². The monoisotopic (exact) mass is 284 g/mol. The number of rotatable bonds is 3. The van der Waals surface area contributed by atoms with Crippen LogP contribution in [0.5, 0.6) is 0 Å². The molecule has 1 rings (SSSR count). The average molecular weight is 285 g/mol. The van der Waals surface area contributed by atoms with Crippen LogP contribution in [0.2, 0.25) is 0 Å². The summed E-state index contributed by atoms with van der Waals surface area (Å²) in [6.45, 7) is 7.59. The number of aliphatic carboxylic acids is 1. The Bertz CT molecular complexity index is 422. The molecular weight excluding hydrogens is 268 g/mol. The maximum atomic E-state index is 11.1. The second-order valence-corrected chi connectivity index (χ2v) is 5.79. The van der Waals surface area contributed by atoms with Gasteiger partial charge in [-0.2, -0.15) is 0 Å². The van der Waals surface area contributed by atoms with Gasteiger partial charge in [0.1, 0.15) is 0 Å². The summed E-state index contributed by atoms with van der Waals surface area (Å²) in [4.78, 5) is 11.1. The van der Waals surface area contributed by atoms with E-state index in [1.807, 2.05) is 26.0 Å². The van der Waals surface area contributed by atoms with E-state index in [9.17, 15) is 4.79 Å². The van der Waals surface area contributed by atoms with E-state index in [-0.39, 0.29) is 0 Å². The lowest BCUT2D eigenvalue weighted by Crippen LogP contribution is -2.26. The average Bonchev–Trinajstić information content (AvgIpc) is 2.12. The van der Waals surface area contributed by atoms with E-state index < -0.39 is 11.4 Å². The van der Waals surface area contributed by atoms with Crippen molar-refractivity contribution in [3.8, 4) is 0 Å². The second-order valence-electron chi connectivity index (χ2n) is 4.87. The topological polar surface area (TPSA) is 37.3 Å². The molecule has 0 spiro atoms. The van der Waals surface area contributed by atoms with Crippen LogP contribution >= 0.6 is 15.9 Å². The second kappa shape index (κ2) is 4.58.